The third kappa shape index (κ3) is 3.87. The molecule has 1 aliphatic carbocycles. The fraction of sp³-hybridized carbons (Fsp3) is 0.333. The van der Waals surface area contributed by atoms with Crippen LogP contribution in [0.1, 0.15) is 42.5 Å². The second-order valence-corrected chi connectivity index (χ2v) is 6.90. The normalized spacial score (nSPS) is 15.8. The molecule has 3 rings (SSSR count). The third-order valence-corrected chi connectivity index (χ3v) is 4.85. The van der Waals surface area contributed by atoms with Gasteiger partial charge in [0.2, 0.25) is 5.91 Å². The minimum Gasteiger partial charge on any atom is -0.482 e. The molecule has 0 spiro atoms. The highest BCUT2D eigenvalue weighted by atomic mass is 16.5. The molecule has 1 aliphatic rings. The van der Waals surface area contributed by atoms with E-state index in [1.54, 1.807) is 12.1 Å². The van der Waals surface area contributed by atoms with Crippen molar-refractivity contribution in [2.45, 2.75) is 38.1 Å². The molecule has 0 heterocycles. The number of ether oxygens (including phenoxy) is 1. The number of hydrogen-bond acceptors (Lipinski definition) is 3. The van der Waals surface area contributed by atoms with Crippen molar-refractivity contribution in [3.05, 3.63) is 65.2 Å². The van der Waals surface area contributed by atoms with Gasteiger partial charge in [0.1, 0.15) is 5.75 Å². The smallest absolute Gasteiger partial charge is 0.341 e. The molecule has 0 aromatic heterocycles. The van der Waals surface area contributed by atoms with Gasteiger partial charge in [-0.15, -0.1) is 0 Å². The SMILES string of the molecule is Cc1cccc(C2(C(=O)NC(C)c3ccc(OCC(=O)O)cc3)CC2)c1. The number of nitrogens with one attached hydrogen (secondary N) is 1. The molecule has 136 valence electrons. The van der Waals surface area contributed by atoms with E-state index in [4.69, 9.17) is 9.84 Å². The molecule has 0 radical (unpaired) electrons. The Labute approximate surface area is 153 Å². The summed E-state index contributed by atoms with van der Waals surface area (Å²) in [6.45, 7) is 3.61. The molecule has 1 unspecified atom stereocenters. The van der Waals surface area contributed by atoms with Crippen LogP contribution in [0.15, 0.2) is 48.5 Å². The Morgan fingerprint density at radius 1 is 1.19 bits per heavy atom. The van der Waals surface area contributed by atoms with E-state index >= 15 is 0 Å². The summed E-state index contributed by atoms with van der Waals surface area (Å²) in [5.74, 6) is -0.463. The lowest BCUT2D eigenvalue weighted by Gasteiger charge is -2.21. The highest BCUT2D eigenvalue weighted by Crippen LogP contribution is 2.48. The van der Waals surface area contributed by atoms with Gasteiger partial charge in [0, 0.05) is 0 Å². The summed E-state index contributed by atoms with van der Waals surface area (Å²) in [4.78, 5) is 23.4. The summed E-state index contributed by atoms with van der Waals surface area (Å²) in [7, 11) is 0. The molecule has 2 aromatic carbocycles. The Balaban J connectivity index is 1.65. The first-order chi connectivity index (χ1) is 12.4. The van der Waals surface area contributed by atoms with Crippen LogP contribution in [0.4, 0.5) is 0 Å². The number of rotatable bonds is 7. The van der Waals surface area contributed by atoms with Gasteiger partial charge in [0.25, 0.3) is 0 Å². The molecular weight excluding hydrogens is 330 g/mol. The van der Waals surface area contributed by atoms with E-state index in [1.807, 2.05) is 44.2 Å². The molecule has 1 fully saturated rings. The van der Waals surface area contributed by atoms with Crippen molar-refractivity contribution < 1.29 is 19.4 Å². The van der Waals surface area contributed by atoms with Crippen LogP contribution in [-0.4, -0.2) is 23.6 Å². The topological polar surface area (TPSA) is 75.6 Å². The zero-order valence-corrected chi connectivity index (χ0v) is 15.0. The fourth-order valence-electron chi connectivity index (χ4n) is 3.13. The zero-order valence-electron chi connectivity index (χ0n) is 15.0. The molecule has 0 bridgehead atoms. The lowest BCUT2D eigenvalue weighted by atomic mass is 9.93. The van der Waals surface area contributed by atoms with Gasteiger partial charge in [-0.05, 0) is 49.9 Å². The van der Waals surface area contributed by atoms with Gasteiger partial charge in [0.05, 0.1) is 11.5 Å². The summed E-state index contributed by atoms with van der Waals surface area (Å²) < 4.78 is 5.13. The standard InChI is InChI=1S/C21H23NO4/c1-14-4-3-5-17(12-14)21(10-11-21)20(25)22-15(2)16-6-8-18(9-7-16)26-13-19(23)24/h3-9,12,15H,10-11,13H2,1-2H3,(H,22,25)(H,23,24). The minimum atomic E-state index is -1.01. The van der Waals surface area contributed by atoms with Crippen molar-refractivity contribution in [1.29, 1.82) is 0 Å². The van der Waals surface area contributed by atoms with E-state index in [1.165, 1.54) is 0 Å². The van der Waals surface area contributed by atoms with Gasteiger partial charge < -0.3 is 15.2 Å². The molecule has 1 saturated carbocycles. The van der Waals surface area contributed by atoms with E-state index < -0.39 is 11.4 Å². The van der Waals surface area contributed by atoms with Crippen molar-refractivity contribution in [2.24, 2.45) is 0 Å². The molecule has 0 aliphatic heterocycles. The number of carbonyl (C=O) groups excluding carboxylic acids is 1. The maximum Gasteiger partial charge on any atom is 0.341 e. The number of carboxylic acid groups (broad SMARTS) is 1. The van der Waals surface area contributed by atoms with Crippen LogP contribution >= 0.6 is 0 Å². The molecule has 0 saturated heterocycles. The predicted molar refractivity (Wildman–Crippen MR) is 98.2 cm³/mol. The van der Waals surface area contributed by atoms with Crippen LogP contribution in [-0.2, 0) is 15.0 Å². The van der Waals surface area contributed by atoms with Crippen molar-refractivity contribution in [1.82, 2.24) is 5.32 Å². The van der Waals surface area contributed by atoms with Crippen LogP contribution in [0, 0.1) is 6.92 Å². The van der Waals surface area contributed by atoms with E-state index in [0.717, 1.165) is 29.5 Å². The fourth-order valence-corrected chi connectivity index (χ4v) is 3.13. The van der Waals surface area contributed by atoms with Crippen molar-refractivity contribution in [3.63, 3.8) is 0 Å². The largest absolute Gasteiger partial charge is 0.482 e. The Hall–Kier alpha value is -2.82. The van der Waals surface area contributed by atoms with Crippen LogP contribution in [0.3, 0.4) is 0 Å². The van der Waals surface area contributed by atoms with Crippen molar-refractivity contribution in [3.8, 4) is 5.75 Å². The lowest BCUT2D eigenvalue weighted by Crippen LogP contribution is -2.36. The van der Waals surface area contributed by atoms with Crippen LogP contribution in [0.2, 0.25) is 0 Å². The van der Waals surface area contributed by atoms with Crippen molar-refractivity contribution >= 4 is 11.9 Å². The van der Waals surface area contributed by atoms with Crippen LogP contribution < -0.4 is 10.1 Å². The van der Waals surface area contributed by atoms with E-state index in [0.29, 0.717) is 5.75 Å². The zero-order chi connectivity index (χ0) is 18.7. The quantitative estimate of drug-likeness (QED) is 0.800. The number of aryl methyl sites for hydroxylation is 1. The summed E-state index contributed by atoms with van der Waals surface area (Å²) in [6.07, 6.45) is 1.74. The summed E-state index contributed by atoms with van der Waals surface area (Å²) >= 11 is 0. The Bertz CT molecular complexity index is 809. The van der Waals surface area contributed by atoms with E-state index in [2.05, 4.69) is 11.4 Å². The Morgan fingerprint density at radius 2 is 1.88 bits per heavy atom. The number of hydrogen-bond donors (Lipinski definition) is 2. The highest BCUT2D eigenvalue weighted by Gasteiger charge is 2.51. The molecule has 5 nitrogen and oxygen atoms in total. The molecule has 2 N–H and O–H groups in total. The maximum atomic E-state index is 12.9. The van der Waals surface area contributed by atoms with E-state index in [9.17, 15) is 9.59 Å². The summed E-state index contributed by atoms with van der Waals surface area (Å²) in [6, 6.07) is 15.1. The average Bonchev–Trinajstić information content (AvgIpc) is 3.42. The number of carboxylic acids is 1. The molecule has 1 atom stereocenters. The molecule has 26 heavy (non-hydrogen) atoms. The number of benzene rings is 2. The molecule has 2 aromatic rings. The van der Waals surface area contributed by atoms with Gasteiger partial charge in [-0.3, -0.25) is 4.79 Å². The Kier molecular flexibility index (Phi) is 4.98. The minimum absolute atomic E-state index is 0.0572. The third-order valence-electron chi connectivity index (χ3n) is 4.85. The first kappa shape index (κ1) is 18.0. The van der Waals surface area contributed by atoms with Gasteiger partial charge in [-0.1, -0.05) is 42.0 Å². The van der Waals surface area contributed by atoms with E-state index in [-0.39, 0.29) is 18.6 Å². The lowest BCUT2D eigenvalue weighted by molar-refractivity contribution is -0.139. The monoisotopic (exact) mass is 353 g/mol. The summed E-state index contributed by atoms with van der Waals surface area (Å²) in [5.41, 5.74) is 2.79. The van der Waals surface area contributed by atoms with Gasteiger partial charge >= 0.3 is 5.97 Å². The van der Waals surface area contributed by atoms with Gasteiger partial charge in [-0.25, -0.2) is 4.79 Å². The molecular formula is C21H23NO4. The highest BCUT2D eigenvalue weighted by molar-refractivity contribution is 5.91. The van der Waals surface area contributed by atoms with Gasteiger partial charge in [-0.2, -0.15) is 0 Å². The number of carbonyl (C=O) groups is 2. The molecule has 5 heteroatoms. The molecule has 1 amide bonds. The average molecular weight is 353 g/mol. The van der Waals surface area contributed by atoms with Crippen molar-refractivity contribution in [2.75, 3.05) is 6.61 Å². The number of amides is 1. The van der Waals surface area contributed by atoms with Crippen LogP contribution in [0.5, 0.6) is 5.75 Å². The summed E-state index contributed by atoms with van der Waals surface area (Å²) in [5, 5.41) is 11.8. The second-order valence-electron chi connectivity index (χ2n) is 6.90. The predicted octanol–water partition coefficient (Wildman–Crippen LogP) is 3.37. The number of aliphatic carboxylic acids is 1. The first-order valence-corrected chi connectivity index (χ1v) is 8.73. The first-order valence-electron chi connectivity index (χ1n) is 8.73. The maximum absolute atomic E-state index is 12.9. The second kappa shape index (κ2) is 7.20. The Morgan fingerprint density at radius 3 is 2.46 bits per heavy atom. The van der Waals surface area contributed by atoms with Gasteiger partial charge in [0.15, 0.2) is 6.61 Å². The van der Waals surface area contributed by atoms with Crippen LogP contribution in [0.25, 0.3) is 0 Å².